The van der Waals surface area contributed by atoms with E-state index in [1.54, 1.807) is 11.0 Å². The topological polar surface area (TPSA) is 69.6 Å². The lowest BCUT2D eigenvalue weighted by Crippen LogP contribution is -2.53. The van der Waals surface area contributed by atoms with Gasteiger partial charge in [-0.15, -0.1) is 6.58 Å². The Balaban J connectivity index is 2.70. The molecule has 1 fully saturated rings. The van der Waals surface area contributed by atoms with Crippen LogP contribution in [-0.2, 0) is 9.59 Å². The van der Waals surface area contributed by atoms with Crippen LogP contribution in [0.15, 0.2) is 12.7 Å². The predicted octanol–water partition coefficient (Wildman–Crippen LogP) is 1.01. The Bertz CT molecular complexity index is 330. The van der Waals surface area contributed by atoms with Crippen LogP contribution in [0.25, 0.3) is 0 Å². The van der Waals surface area contributed by atoms with Gasteiger partial charge in [-0.2, -0.15) is 0 Å². The molecule has 0 bridgehead atoms. The molecular weight excluding hydrogens is 232 g/mol. The summed E-state index contributed by atoms with van der Waals surface area (Å²) < 4.78 is 0. The van der Waals surface area contributed by atoms with E-state index < -0.39 is 11.5 Å². The van der Waals surface area contributed by atoms with Crippen molar-refractivity contribution in [2.45, 2.75) is 38.1 Å². The maximum absolute atomic E-state index is 11.7. The lowest BCUT2D eigenvalue weighted by molar-refractivity contribution is -0.151. The van der Waals surface area contributed by atoms with Gasteiger partial charge in [0.1, 0.15) is 5.54 Å². The molecule has 1 atom stereocenters. The first-order chi connectivity index (χ1) is 8.56. The maximum atomic E-state index is 11.7. The highest BCUT2D eigenvalue weighted by Gasteiger charge is 2.47. The Labute approximate surface area is 108 Å². The van der Waals surface area contributed by atoms with Crippen LogP contribution in [0.1, 0.15) is 32.6 Å². The SMILES string of the molecule is C=CCNC(=O)CN1CCCC1(CCC)C(=O)O. The van der Waals surface area contributed by atoms with E-state index in [4.69, 9.17) is 0 Å². The predicted molar refractivity (Wildman–Crippen MR) is 69.3 cm³/mol. The van der Waals surface area contributed by atoms with E-state index in [1.165, 1.54) is 0 Å². The normalized spacial score (nSPS) is 23.8. The number of hydrogen-bond donors (Lipinski definition) is 2. The molecule has 2 N–H and O–H groups in total. The highest BCUT2D eigenvalue weighted by Crippen LogP contribution is 2.33. The van der Waals surface area contributed by atoms with Gasteiger partial charge in [0.15, 0.2) is 0 Å². The number of carboxylic acid groups (broad SMARTS) is 1. The van der Waals surface area contributed by atoms with Crippen molar-refractivity contribution in [3.05, 3.63) is 12.7 Å². The summed E-state index contributed by atoms with van der Waals surface area (Å²) in [5.41, 5.74) is -0.847. The number of rotatable bonds is 7. The van der Waals surface area contributed by atoms with Crippen molar-refractivity contribution in [1.82, 2.24) is 10.2 Å². The van der Waals surface area contributed by atoms with Gasteiger partial charge in [-0.3, -0.25) is 14.5 Å². The van der Waals surface area contributed by atoms with Gasteiger partial charge in [-0.05, 0) is 25.8 Å². The molecule has 0 aromatic heterocycles. The fourth-order valence-electron chi connectivity index (χ4n) is 2.63. The van der Waals surface area contributed by atoms with Crippen molar-refractivity contribution in [1.29, 1.82) is 0 Å². The minimum atomic E-state index is -0.847. The van der Waals surface area contributed by atoms with Gasteiger partial charge in [0.05, 0.1) is 6.54 Å². The summed E-state index contributed by atoms with van der Waals surface area (Å²) in [4.78, 5) is 25.0. The van der Waals surface area contributed by atoms with Gasteiger partial charge >= 0.3 is 5.97 Å². The minimum Gasteiger partial charge on any atom is -0.480 e. The average molecular weight is 254 g/mol. The second kappa shape index (κ2) is 6.54. The third-order valence-electron chi connectivity index (χ3n) is 3.46. The number of carbonyl (C=O) groups is 2. The Morgan fingerprint density at radius 2 is 2.28 bits per heavy atom. The van der Waals surface area contributed by atoms with E-state index >= 15 is 0 Å². The van der Waals surface area contributed by atoms with Gasteiger partial charge < -0.3 is 10.4 Å². The molecule has 1 aliphatic heterocycles. The summed E-state index contributed by atoms with van der Waals surface area (Å²) in [5.74, 6) is -0.947. The fraction of sp³-hybridized carbons (Fsp3) is 0.692. The van der Waals surface area contributed by atoms with Crippen molar-refractivity contribution in [3.63, 3.8) is 0 Å². The summed E-state index contributed by atoms with van der Waals surface area (Å²) >= 11 is 0. The molecule has 1 unspecified atom stereocenters. The van der Waals surface area contributed by atoms with E-state index in [1.807, 2.05) is 6.92 Å². The second-order valence-corrected chi connectivity index (χ2v) is 4.70. The number of nitrogens with zero attached hydrogens (tertiary/aromatic N) is 1. The van der Waals surface area contributed by atoms with E-state index in [9.17, 15) is 14.7 Å². The van der Waals surface area contributed by atoms with E-state index in [-0.39, 0.29) is 12.5 Å². The number of likely N-dealkylation sites (tertiary alicyclic amines) is 1. The summed E-state index contributed by atoms with van der Waals surface area (Å²) in [5, 5.41) is 12.2. The van der Waals surface area contributed by atoms with Gasteiger partial charge in [-0.1, -0.05) is 19.4 Å². The van der Waals surface area contributed by atoms with Crippen LogP contribution in [0.4, 0.5) is 0 Å². The molecule has 102 valence electrons. The van der Waals surface area contributed by atoms with Crippen molar-refractivity contribution in [2.75, 3.05) is 19.6 Å². The number of carboxylic acids is 1. The molecule has 5 heteroatoms. The number of hydrogen-bond acceptors (Lipinski definition) is 3. The van der Waals surface area contributed by atoms with Gasteiger partial charge in [-0.25, -0.2) is 0 Å². The molecule has 0 aromatic carbocycles. The fourth-order valence-corrected chi connectivity index (χ4v) is 2.63. The molecule has 18 heavy (non-hydrogen) atoms. The van der Waals surface area contributed by atoms with Gasteiger partial charge in [0, 0.05) is 6.54 Å². The molecule has 1 aliphatic rings. The molecule has 1 amide bonds. The van der Waals surface area contributed by atoms with Crippen LogP contribution >= 0.6 is 0 Å². The molecule has 1 heterocycles. The first-order valence-electron chi connectivity index (χ1n) is 6.43. The second-order valence-electron chi connectivity index (χ2n) is 4.70. The summed E-state index contributed by atoms with van der Waals surface area (Å²) in [6, 6.07) is 0. The maximum Gasteiger partial charge on any atom is 0.324 e. The molecule has 0 radical (unpaired) electrons. The van der Waals surface area contributed by atoms with Crippen LogP contribution in [0.3, 0.4) is 0 Å². The molecule has 0 aromatic rings. The number of amides is 1. The summed E-state index contributed by atoms with van der Waals surface area (Å²) in [7, 11) is 0. The molecule has 0 spiro atoms. The average Bonchev–Trinajstić information content (AvgIpc) is 2.71. The molecule has 0 aliphatic carbocycles. The quantitative estimate of drug-likeness (QED) is 0.665. The first-order valence-corrected chi connectivity index (χ1v) is 6.43. The van der Waals surface area contributed by atoms with Gasteiger partial charge in [0.25, 0.3) is 0 Å². The highest BCUT2D eigenvalue weighted by atomic mass is 16.4. The van der Waals surface area contributed by atoms with E-state index in [2.05, 4.69) is 11.9 Å². The Morgan fingerprint density at radius 1 is 1.56 bits per heavy atom. The van der Waals surface area contributed by atoms with Crippen molar-refractivity contribution >= 4 is 11.9 Å². The smallest absolute Gasteiger partial charge is 0.324 e. The first kappa shape index (κ1) is 14.7. The van der Waals surface area contributed by atoms with Crippen molar-refractivity contribution < 1.29 is 14.7 Å². The van der Waals surface area contributed by atoms with Crippen LogP contribution in [0.5, 0.6) is 0 Å². The molecular formula is C13H22N2O3. The number of aliphatic carboxylic acids is 1. The van der Waals surface area contributed by atoms with Gasteiger partial charge in [0.2, 0.25) is 5.91 Å². The van der Waals surface area contributed by atoms with Crippen molar-refractivity contribution in [2.24, 2.45) is 0 Å². The molecule has 5 nitrogen and oxygen atoms in total. The molecule has 1 rings (SSSR count). The van der Waals surface area contributed by atoms with Crippen LogP contribution < -0.4 is 5.32 Å². The van der Waals surface area contributed by atoms with Crippen molar-refractivity contribution in [3.8, 4) is 0 Å². The molecule has 0 saturated carbocycles. The number of nitrogens with one attached hydrogen (secondary N) is 1. The zero-order valence-corrected chi connectivity index (χ0v) is 10.9. The monoisotopic (exact) mass is 254 g/mol. The van der Waals surface area contributed by atoms with E-state index in [0.29, 0.717) is 25.9 Å². The summed E-state index contributed by atoms with van der Waals surface area (Å²) in [6.45, 7) is 6.74. The lowest BCUT2D eigenvalue weighted by Gasteiger charge is -2.34. The Hall–Kier alpha value is -1.36. The van der Waals surface area contributed by atoms with Crippen LogP contribution in [-0.4, -0.2) is 47.1 Å². The third kappa shape index (κ3) is 3.10. The zero-order chi connectivity index (χ0) is 13.6. The Morgan fingerprint density at radius 3 is 2.83 bits per heavy atom. The third-order valence-corrected chi connectivity index (χ3v) is 3.46. The van der Waals surface area contributed by atoms with E-state index in [0.717, 1.165) is 12.8 Å². The largest absolute Gasteiger partial charge is 0.480 e. The Kier molecular flexibility index (Phi) is 5.34. The standard InChI is InChI=1S/C13H22N2O3/c1-3-6-13(12(17)18)7-5-9-15(13)10-11(16)14-8-4-2/h4H,2-3,5-10H2,1H3,(H,14,16)(H,17,18). The highest BCUT2D eigenvalue weighted by molar-refractivity contribution is 5.82. The lowest BCUT2D eigenvalue weighted by atomic mass is 9.90. The molecule has 1 saturated heterocycles. The van der Waals surface area contributed by atoms with Crippen LogP contribution in [0.2, 0.25) is 0 Å². The van der Waals surface area contributed by atoms with Crippen LogP contribution in [0, 0.1) is 0 Å². The summed E-state index contributed by atoms with van der Waals surface area (Å²) in [6.07, 6.45) is 4.47. The minimum absolute atomic E-state index is 0.140. The zero-order valence-electron chi connectivity index (χ0n) is 10.9. The number of carbonyl (C=O) groups excluding carboxylic acids is 1.